The van der Waals surface area contributed by atoms with E-state index in [2.05, 4.69) is 6.92 Å². The van der Waals surface area contributed by atoms with Crippen molar-refractivity contribution in [1.82, 2.24) is 0 Å². The zero-order valence-electron chi connectivity index (χ0n) is 15.8. The van der Waals surface area contributed by atoms with E-state index >= 15 is 0 Å². The van der Waals surface area contributed by atoms with E-state index in [9.17, 15) is 4.79 Å². The highest BCUT2D eigenvalue weighted by atomic mass is 32.1. The van der Waals surface area contributed by atoms with Crippen molar-refractivity contribution < 1.29 is 18.1 Å². The fraction of sp³-hybridized carbons (Fsp3) is 0.889. The van der Waals surface area contributed by atoms with Gasteiger partial charge in [-0.2, -0.15) is 0 Å². The fourth-order valence-electron chi connectivity index (χ4n) is 2.57. The third-order valence-corrected chi connectivity index (χ3v) is 7.09. The summed E-state index contributed by atoms with van der Waals surface area (Å²) in [4.78, 5) is 12.0. The SMILES string of the molecule is CCCCCCCCCC(=O)CCO[Si](CC=S)(OCC)OCC. The maximum atomic E-state index is 12.0. The van der Waals surface area contributed by atoms with Crippen LogP contribution in [0.3, 0.4) is 0 Å². The molecule has 0 atom stereocenters. The van der Waals surface area contributed by atoms with Crippen LogP contribution in [0.25, 0.3) is 0 Å². The summed E-state index contributed by atoms with van der Waals surface area (Å²) in [5, 5.41) is 1.61. The predicted octanol–water partition coefficient (Wildman–Crippen LogP) is 5.11. The minimum Gasteiger partial charge on any atom is -0.374 e. The smallest absolute Gasteiger partial charge is 0.374 e. The van der Waals surface area contributed by atoms with Crippen LogP contribution >= 0.6 is 12.2 Å². The third kappa shape index (κ3) is 12.3. The number of carbonyl (C=O) groups is 1. The van der Waals surface area contributed by atoms with E-state index < -0.39 is 8.80 Å². The number of Topliss-reactive ketones (excluding diaryl/α,β-unsaturated/α-hetero) is 1. The molecule has 0 heterocycles. The second kappa shape index (κ2) is 16.3. The Morgan fingerprint density at radius 2 is 1.46 bits per heavy atom. The van der Waals surface area contributed by atoms with E-state index in [0.717, 1.165) is 12.8 Å². The molecule has 0 aromatic rings. The van der Waals surface area contributed by atoms with Gasteiger partial charge in [0.1, 0.15) is 5.78 Å². The molecule has 0 radical (unpaired) electrons. The second-order valence-electron chi connectivity index (χ2n) is 5.93. The molecule has 0 amide bonds. The van der Waals surface area contributed by atoms with Crippen LogP contribution in [0.2, 0.25) is 6.04 Å². The number of rotatable bonds is 18. The van der Waals surface area contributed by atoms with Crippen molar-refractivity contribution in [3.8, 4) is 0 Å². The van der Waals surface area contributed by atoms with Gasteiger partial charge in [0.25, 0.3) is 0 Å². The molecule has 0 fully saturated rings. The first-order valence-corrected chi connectivity index (χ1v) is 11.9. The van der Waals surface area contributed by atoms with Gasteiger partial charge in [-0.1, -0.05) is 57.7 Å². The first kappa shape index (κ1) is 23.9. The Morgan fingerprint density at radius 3 is 2.00 bits per heavy atom. The normalized spacial score (nSPS) is 11.6. The molecule has 0 rings (SSSR count). The van der Waals surface area contributed by atoms with Crippen molar-refractivity contribution in [3.63, 3.8) is 0 Å². The van der Waals surface area contributed by atoms with Crippen LogP contribution in [0, 0.1) is 0 Å². The summed E-state index contributed by atoms with van der Waals surface area (Å²) in [6, 6.07) is 0.510. The Bertz CT molecular complexity index is 320. The van der Waals surface area contributed by atoms with Gasteiger partial charge < -0.3 is 13.3 Å². The monoisotopic (exact) mass is 376 g/mol. The van der Waals surface area contributed by atoms with Gasteiger partial charge in [0.2, 0.25) is 0 Å². The molecule has 0 aromatic heterocycles. The van der Waals surface area contributed by atoms with Crippen LogP contribution in [0.1, 0.15) is 78.6 Å². The molecule has 0 aromatic carbocycles. The molecule has 4 nitrogen and oxygen atoms in total. The molecule has 0 aliphatic heterocycles. The number of hydrogen-bond donors (Lipinski definition) is 0. The van der Waals surface area contributed by atoms with Gasteiger partial charge in [-0.25, -0.2) is 0 Å². The molecule has 0 N–H and O–H groups in total. The molecule has 24 heavy (non-hydrogen) atoms. The predicted molar refractivity (Wildman–Crippen MR) is 106 cm³/mol. The van der Waals surface area contributed by atoms with E-state index in [-0.39, 0.29) is 5.78 Å². The lowest BCUT2D eigenvalue weighted by molar-refractivity contribution is -0.119. The average Bonchev–Trinajstić information content (AvgIpc) is 2.55. The lowest BCUT2D eigenvalue weighted by Gasteiger charge is -2.27. The summed E-state index contributed by atoms with van der Waals surface area (Å²) in [6.07, 6.45) is 9.67. The molecule has 6 heteroatoms. The molecule has 0 saturated carbocycles. The van der Waals surface area contributed by atoms with Crippen LogP contribution in [0.15, 0.2) is 0 Å². The van der Waals surface area contributed by atoms with Crippen LogP contribution in [0.4, 0.5) is 0 Å². The van der Waals surface area contributed by atoms with Crippen LogP contribution in [-0.4, -0.2) is 39.8 Å². The largest absolute Gasteiger partial charge is 0.505 e. The van der Waals surface area contributed by atoms with E-state index in [1.54, 1.807) is 5.37 Å². The molecule has 0 saturated heterocycles. The quantitative estimate of drug-likeness (QED) is 0.189. The highest BCUT2D eigenvalue weighted by Crippen LogP contribution is 2.16. The minimum absolute atomic E-state index is 0.266. The fourth-order valence-corrected chi connectivity index (χ4v) is 5.28. The van der Waals surface area contributed by atoms with Crippen molar-refractivity contribution in [2.75, 3.05) is 19.8 Å². The maximum absolute atomic E-state index is 12.0. The number of unbranched alkanes of at least 4 members (excludes halogenated alkanes) is 6. The van der Waals surface area contributed by atoms with Crippen LogP contribution in [-0.2, 0) is 18.1 Å². The van der Waals surface area contributed by atoms with Gasteiger partial charge in [0, 0.05) is 38.7 Å². The Kier molecular flexibility index (Phi) is 16.2. The molecule has 0 unspecified atom stereocenters. The summed E-state index contributed by atoms with van der Waals surface area (Å²) in [6.45, 7) is 7.48. The van der Waals surface area contributed by atoms with Crippen LogP contribution < -0.4 is 0 Å². The number of carbonyl (C=O) groups excluding carboxylic acids is 1. The lowest BCUT2D eigenvalue weighted by atomic mass is 10.1. The Hall–Kier alpha value is -0.143. The van der Waals surface area contributed by atoms with Gasteiger partial charge in [0.15, 0.2) is 0 Å². The topological polar surface area (TPSA) is 44.8 Å². The molecule has 0 aliphatic carbocycles. The Labute approximate surface area is 155 Å². The zero-order chi connectivity index (χ0) is 18.1. The molecular weight excluding hydrogens is 340 g/mol. The number of hydrogen-bond acceptors (Lipinski definition) is 5. The average molecular weight is 377 g/mol. The Morgan fingerprint density at radius 1 is 0.875 bits per heavy atom. The molecule has 0 spiro atoms. The summed E-state index contributed by atoms with van der Waals surface area (Å²) in [5.41, 5.74) is 0. The number of ketones is 1. The third-order valence-electron chi connectivity index (χ3n) is 3.82. The summed E-state index contributed by atoms with van der Waals surface area (Å²) >= 11 is 4.94. The lowest BCUT2D eigenvalue weighted by Crippen LogP contribution is -2.46. The van der Waals surface area contributed by atoms with Gasteiger partial charge in [0.05, 0.1) is 0 Å². The van der Waals surface area contributed by atoms with Crippen molar-refractivity contribution in [2.24, 2.45) is 0 Å². The van der Waals surface area contributed by atoms with E-state index in [1.807, 2.05) is 13.8 Å². The summed E-state index contributed by atoms with van der Waals surface area (Å²) in [7, 11) is -2.73. The van der Waals surface area contributed by atoms with E-state index in [1.165, 1.54) is 32.1 Å². The molecule has 0 bridgehead atoms. The second-order valence-corrected chi connectivity index (χ2v) is 8.90. The summed E-state index contributed by atoms with van der Waals surface area (Å²) in [5.74, 6) is 0.266. The highest BCUT2D eigenvalue weighted by Gasteiger charge is 2.39. The molecule has 0 aliphatic rings. The van der Waals surface area contributed by atoms with Crippen molar-refractivity contribution >= 4 is 32.2 Å². The van der Waals surface area contributed by atoms with Crippen molar-refractivity contribution in [3.05, 3.63) is 0 Å². The van der Waals surface area contributed by atoms with Gasteiger partial charge in [-0.15, -0.1) is 0 Å². The van der Waals surface area contributed by atoms with Crippen LogP contribution in [0.5, 0.6) is 0 Å². The van der Waals surface area contributed by atoms with E-state index in [0.29, 0.717) is 38.7 Å². The Balaban J connectivity index is 3.91. The number of thiocarbonyl (C=S) groups is 1. The summed E-state index contributed by atoms with van der Waals surface area (Å²) < 4.78 is 17.3. The maximum Gasteiger partial charge on any atom is 0.505 e. The van der Waals surface area contributed by atoms with Crippen molar-refractivity contribution in [2.45, 2.75) is 84.6 Å². The molecular formula is C18H36O4SSi. The van der Waals surface area contributed by atoms with Gasteiger partial charge >= 0.3 is 8.80 Å². The van der Waals surface area contributed by atoms with Crippen molar-refractivity contribution in [1.29, 1.82) is 0 Å². The first-order valence-electron chi connectivity index (χ1n) is 9.51. The molecule has 142 valence electrons. The van der Waals surface area contributed by atoms with E-state index in [4.69, 9.17) is 25.5 Å². The minimum atomic E-state index is -2.73. The van der Waals surface area contributed by atoms with Gasteiger partial charge in [-0.05, 0) is 25.6 Å². The zero-order valence-corrected chi connectivity index (χ0v) is 17.6. The highest BCUT2D eigenvalue weighted by molar-refractivity contribution is 7.79. The standard InChI is InChI=1S/C18H36O4SSi/c1-4-7-8-9-10-11-12-13-18(19)14-15-22-24(17-16-23,20-5-2)21-6-3/h16H,4-15,17H2,1-3H3. The van der Waals surface area contributed by atoms with Gasteiger partial charge in [-0.3, -0.25) is 4.79 Å². The first-order chi connectivity index (χ1) is 11.6.